The van der Waals surface area contributed by atoms with Crippen molar-refractivity contribution in [3.8, 4) is 5.75 Å². The number of nitrogens with zero attached hydrogens (tertiary/aromatic N) is 1. The minimum atomic E-state index is -1.11. The predicted molar refractivity (Wildman–Crippen MR) is 101 cm³/mol. The normalized spacial score (nSPS) is 12.3. The molecule has 0 spiro atoms. The Bertz CT molecular complexity index is 1110. The first-order chi connectivity index (χ1) is 12.6. The highest BCUT2D eigenvalue weighted by atomic mass is 35.5. The minimum Gasteiger partial charge on any atom is -0.505 e. The molecule has 1 atom stereocenters. The Morgan fingerprint density at radius 2 is 1.81 bits per heavy atom. The molecule has 1 aromatic heterocycles. The van der Waals surface area contributed by atoms with Crippen molar-refractivity contribution in [3.63, 3.8) is 0 Å². The summed E-state index contributed by atoms with van der Waals surface area (Å²) in [5.41, 5.74) is 1.01. The highest BCUT2D eigenvalue weighted by molar-refractivity contribution is 6.42. The van der Waals surface area contributed by atoms with Crippen LogP contribution in [0.15, 0.2) is 30.3 Å². The Kier molecular flexibility index (Phi) is 4.88. The number of carboxylic acids is 1. The molecule has 2 aromatic carbocycles. The fraction of sp³-hybridized carbons (Fsp3) is 0.158. The summed E-state index contributed by atoms with van der Waals surface area (Å²) in [6.07, 6.45) is 0. The number of aromatic nitrogens is 1. The van der Waals surface area contributed by atoms with Gasteiger partial charge in [0.2, 0.25) is 0 Å². The SMILES string of the molecule is Cc1c([C@H](C)C(=O)O)c2cc(O)c(F)cc2n1C(=O)c1ccc(Cl)c(Cl)c1. The molecule has 0 aliphatic carbocycles. The van der Waals surface area contributed by atoms with Gasteiger partial charge in [0.25, 0.3) is 5.91 Å². The number of phenols is 1. The Morgan fingerprint density at radius 3 is 2.41 bits per heavy atom. The molecule has 0 radical (unpaired) electrons. The van der Waals surface area contributed by atoms with Crippen LogP contribution in [0.3, 0.4) is 0 Å². The van der Waals surface area contributed by atoms with Crippen molar-refractivity contribution >= 4 is 46.0 Å². The van der Waals surface area contributed by atoms with Crippen LogP contribution in [0.2, 0.25) is 10.0 Å². The summed E-state index contributed by atoms with van der Waals surface area (Å²) in [4.78, 5) is 24.6. The first-order valence-corrected chi connectivity index (χ1v) is 8.65. The highest BCUT2D eigenvalue weighted by Crippen LogP contribution is 2.36. The van der Waals surface area contributed by atoms with E-state index in [0.717, 1.165) is 12.1 Å². The van der Waals surface area contributed by atoms with Gasteiger partial charge in [-0.3, -0.25) is 14.2 Å². The summed E-state index contributed by atoms with van der Waals surface area (Å²) in [5, 5.41) is 19.9. The molecule has 3 aromatic rings. The van der Waals surface area contributed by atoms with E-state index in [4.69, 9.17) is 23.2 Å². The van der Waals surface area contributed by atoms with Gasteiger partial charge >= 0.3 is 5.97 Å². The summed E-state index contributed by atoms with van der Waals surface area (Å²) in [5.74, 6) is -4.15. The second-order valence-corrected chi connectivity index (χ2v) is 6.96. The van der Waals surface area contributed by atoms with E-state index >= 15 is 0 Å². The number of phenolic OH excluding ortho intramolecular Hbond substituents is 1. The van der Waals surface area contributed by atoms with E-state index in [1.165, 1.54) is 29.7 Å². The van der Waals surface area contributed by atoms with Crippen molar-refractivity contribution in [3.05, 3.63) is 63.0 Å². The van der Waals surface area contributed by atoms with Gasteiger partial charge in [-0.05, 0) is 43.7 Å². The number of hydrogen-bond acceptors (Lipinski definition) is 3. The topological polar surface area (TPSA) is 79.5 Å². The lowest BCUT2D eigenvalue weighted by Gasteiger charge is -2.10. The van der Waals surface area contributed by atoms with Crippen molar-refractivity contribution in [2.45, 2.75) is 19.8 Å². The number of fused-ring (bicyclic) bond motifs is 1. The number of carbonyl (C=O) groups is 2. The third-order valence-electron chi connectivity index (χ3n) is 4.49. The molecular weight excluding hydrogens is 396 g/mol. The second-order valence-electron chi connectivity index (χ2n) is 6.15. The van der Waals surface area contributed by atoms with Crippen molar-refractivity contribution in [1.82, 2.24) is 4.57 Å². The largest absolute Gasteiger partial charge is 0.505 e. The molecule has 1 heterocycles. The lowest BCUT2D eigenvalue weighted by Crippen LogP contribution is -2.15. The Labute approximate surface area is 163 Å². The smallest absolute Gasteiger partial charge is 0.310 e. The van der Waals surface area contributed by atoms with Crippen LogP contribution >= 0.6 is 23.2 Å². The maximum absolute atomic E-state index is 14.0. The molecule has 8 heteroatoms. The molecule has 0 bridgehead atoms. The molecular formula is C19H14Cl2FNO4. The number of carboxylic acid groups (broad SMARTS) is 1. The average molecular weight is 410 g/mol. The Morgan fingerprint density at radius 1 is 1.15 bits per heavy atom. The van der Waals surface area contributed by atoms with Gasteiger partial charge < -0.3 is 10.2 Å². The van der Waals surface area contributed by atoms with Crippen LogP contribution in [-0.4, -0.2) is 26.7 Å². The summed E-state index contributed by atoms with van der Waals surface area (Å²) in [7, 11) is 0. The van der Waals surface area contributed by atoms with Crippen LogP contribution < -0.4 is 0 Å². The molecule has 27 heavy (non-hydrogen) atoms. The van der Waals surface area contributed by atoms with Gasteiger partial charge in [-0.2, -0.15) is 0 Å². The zero-order valence-corrected chi connectivity index (χ0v) is 15.8. The molecule has 140 valence electrons. The van der Waals surface area contributed by atoms with Crippen LogP contribution in [0.1, 0.15) is 34.5 Å². The second kappa shape index (κ2) is 6.87. The van der Waals surface area contributed by atoms with Gasteiger partial charge in [0, 0.05) is 22.7 Å². The predicted octanol–water partition coefficient (Wildman–Crippen LogP) is 4.98. The van der Waals surface area contributed by atoms with Crippen LogP contribution in [0.4, 0.5) is 4.39 Å². The third kappa shape index (κ3) is 3.15. The maximum atomic E-state index is 14.0. The lowest BCUT2D eigenvalue weighted by molar-refractivity contribution is -0.138. The number of rotatable bonds is 3. The molecule has 0 aliphatic heterocycles. The van der Waals surface area contributed by atoms with Gasteiger partial charge in [0.05, 0.1) is 21.5 Å². The van der Waals surface area contributed by atoms with E-state index < -0.39 is 29.4 Å². The fourth-order valence-electron chi connectivity index (χ4n) is 3.14. The molecule has 0 amide bonds. The molecule has 0 fully saturated rings. The van der Waals surface area contributed by atoms with Gasteiger partial charge in [-0.25, -0.2) is 4.39 Å². The van der Waals surface area contributed by atoms with E-state index in [1.54, 1.807) is 6.92 Å². The Hall–Kier alpha value is -2.57. The molecule has 5 nitrogen and oxygen atoms in total. The van der Waals surface area contributed by atoms with E-state index in [-0.39, 0.29) is 26.5 Å². The third-order valence-corrected chi connectivity index (χ3v) is 5.23. The molecule has 0 aliphatic rings. The quantitative estimate of drug-likeness (QED) is 0.639. The first kappa shape index (κ1) is 19.2. The fourth-order valence-corrected chi connectivity index (χ4v) is 3.44. The summed E-state index contributed by atoms with van der Waals surface area (Å²) < 4.78 is 15.2. The van der Waals surface area contributed by atoms with Gasteiger partial charge in [-0.15, -0.1) is 0 Å². The molecule has 0 saturated heterocycles. The standard InChI is InChI=1S/C19H14Cl2FNO4/c1-8(19(26)27)17-9(2)23(15-7-14(22)16(24)6-11(15)17)18(25)10-3-4-12(20)13(21)5-10/h3-8,24H,1-2H3,(H,26,27)/t8-/m0/s1. The summed E-state index contributed by atoms with van der Waals surface area (Å²) in [6.45, 7) is 3.03. The lowest BCUT2D eigenvalue weighted by atomic mass is 9.98. The van der Waals surface area contributed by atoms with E-state index in [0.29, 0.717) is 11.3 Å². The molecule has 0 saturated carbocycles. The van der Waals surface area contributed by atoms with Gasteiger partial charge in [0.1, 0.15) is 0 Å². The van der Waals surface area contributed by atoms with Gasteiger partial charge in [-0.1, -0.05) is 23.2 Å². The maximum Gasteiger partial charge on any atom is 0.310 e. The van der Waals surface area contributed by atoms with Crippen molar-refractivity contribution in [2.75, 3.05) is 0 Å². The molecule has 0 unspecified atom stereocenters. The van der Waals surface area contributed by atoms with Crippen LogP contribution in [-0.2, 0) is 4.79 Å². The van der Waals surface area contributed by atoms with E-state index in [9.17, 15) is 24.2 Å². The van der Waals surface area contributed by atoms with Crippen LogP contribution in [0, 0.1) is 12.7 Å². The average Bonchev–Trinajstić information content (AvgIpc) is 2.87. The van der Waals surface area contributed by atoms with Crippen molar-refractivity contribution in [1.29, 1.82) is 0 Å². The summed E-state index contributed by atoms with van der Waals surface area (Å²) >= 11 is 11.9. The number of carbonyl (C=O) groups excluding carboxylic acids is 1. The molecule has 2 N–H and O–H groups in total. The number of aromatic hydroxyl groups is 1. The van der Waals surface area contributed by atoms with E-state index in [2.05, 4.69) is 0 Å². The van der Waals surface area contributed by atoms with Crippen LogP contribution in [0.25, 0.3) is 10.9 Å². The molecule has 3 rings (SSSR count). The zero-order chi connectivity index (χ0) is 20.0. The first-order valence-electron chi connectivity index (χ1n) is 7.89. The monoisotopic (exact) mass is 409 g/mol. The number of hydrogen-bond donors (Lipinski definition) is 2. The Balaban J connectivity index is 2.33. The number of aliphatic carboxylic acids is 1. The van der Waals surface area contributed by atoms with Crippen molar-refractivity contribution < 1.29 is 24.2 Å². The minimum absolute atomic E-state index is 0.155. The number of benzene rings is 2. The highest BCUT2D eigenvalue weighted by Gasteiger charge is 2.27. The van der Waals surface area contributed by atoms with Crippen molar-refractivity contribution in [2.24, 2.45) is 0 Å². The van der Waals surface area contributed by atoms with E-state index in [1.807, 2.05) is 0 Å². The summed E-state index contributed by atoms with van der Waals surface area (Å²) in [6, 6.07) is 6.45. The van der Waals surface area contributed by atoms with Crippen LogP contribution in [0.5, 0.6) is 5.75 Å². The van der Waals surface area contributed by atoms with Gasteiger partial charge in [0.15, 0.2) is 11.6 Å². The number of halogens is 3. The zero-order valence-electron chi connectivity index (χ0n) is 14.3.